The number of ether oxygens (including phenoxy) is 2. The monoisotopic (exact) mass is 461 g/mol. The number of sulfonamides is 1. The predicted octanol–water partition coefficient (Wildman–Crippen LogP) is 1.96. The number of hydrogen-bond donors (Lipinski definition) is 1. The van der Waals surface area contributed by atoms with Crippen molar-refractivity contribution in [2.24, 2.45) is 0 Å². The average molecular weight is 462 g/mol. The Morgan fingerprint density at radius 3 is 2.41 bits per heavy atom. The van der Waals surface area contributed by atoms with E-state index in [1.54, 1.807) is 19.2 Å². The molecule has 1 saturated heterocycles. The maximum Gasteiger partial charge on any atom is 0.240 e. The first-order valence-corrected chi connectivity index (χ1v) is 12.4. The van der Waals surface area contributed by atoms with Crippen LogP contribution in [0.15, 0.2) is 48.5 Å². The van der Waals surface area contributed by atoms with Gasteiger partial charge in [-0.3, -0.25) is 14.0 Å². The molecule has 0 unspecified atom stereocenters. The van der Waals surface area contributed by atoms with Crippen LogP contribution < -0.4 is 14.4 Å². The Hall–Kier alpha value is -2.62. The molecule has 0 aromatic heterocycles. The van der Waals surface area contributed by atoms with Gasteiger partial charge in [0.2, 0.25) is 15.9 Å². The van der Waals surface area contributed by atoms with Crippen molar-refractivity contribution in [2.45, 2.75) is 13.0 Å². The third kappa shape index (κ3) is 6.21. The largest absolute Gasteiger partial charge is 0.497 e. The number of rotatable bonds is 9. The molecular formula is C23H31N3O5S. The number of morpholine rings is 1. The third-order valence-corrected chi connectivity index (χ3v) is 6.68. The molecule has 1 heterocycles. The SMILES string of the molecule is COc1ccc([C@H](CNC(=O)CN(c2ccccc2C)S(C)(=O)=O)N2CCOCC2)cc1. The number of benzene rings is 2. The lowest BCUT2D eigenvalue weighted by atomic mass is 10.0. The number of amides is 1. The molecule has 0 aliphatic carbocycles. The van der Waals surface area contributed by atoms with E-state index in [9.17, 15) is 13.2 Å². The zero-order chi connectivity index (χ0) is 23.1. The number of carbonyl (C=O) groups excluding carboxylic acids is 1. The van der Waals surface area contributed by atoms with E-state index in [1.807, 2.05) is 43.3 Å². The number of nitrogens with one attached hydrogen (secondary N) is 1. The molecule has 32 heavy (non-hydrogen) atoms. The number of hydrogen-bond acceptors (Lipinski definition) is 6. The van der Waals surface area contributed by atoms with E-state index in [2.05, 4.69) is 10.2 Å². The van der Waals surface area contributed by atoms with E-state index in [4.69, 9.17) is 9.47 Å². The molecule has 2 aromatic rings. The van der Waals surface area contributed by atoms with Crippen molar-refractivity contribution in [3.8, 4) is 5.75 Å². The van der Waals surface area contributed by atoms with Gasteiger partial charge in [0.05, 0.1) is 38.3 Å². The van der Waals surface area contributed by atoms with Crippen molar-refractivity contribution in [1.29, 1.82) is 0 Å². The number of methoxy groups -OCH3 is 1. The lowest BCUT2D eigenvalue weighted by Crippen LogP contribution is -2.46. The van der Waals surface area contributed by atoms with Crippen LogP contribution in [0.2, 0.25) is 0 Å². The Labute approximate surface area is 190 Å². The molecule has 1 N–H and O–H groups in total. The lowest BCUT2D eigenvalue weighted by molar-refractivity contribution is -0.120. The molecule has 2 aromatic carbocycles. The predicted molar refractivity (Wildman–Crippen MR) is 125 cm³/mol. The van der Waals surface area contributed by atoms with Crippen LogP contribution in [0.3, 0.4) is 0 Å². The van der Waals surface area contributed by atoms with E-state index >= 15 is 0 Å². The fraction of sp³-hybridized carbons (Fsp3) is 0.435. The van der Waals surface area contributed by atoms with Gasteiger partial charge in [0.15, 0.2) is 0 Å². The van der Waals surface area contributed by atoms with Crippen LogP contribution in [-0.2, 0) is 19.6 Å². The molecule has 1 aliphatic heterocycles. The lowest BCUT2D eigenvalue weighted by Gasteiger charge is -2.35. The van der Waals surface area contributed by atoms with E-state index in [1.165, 1.54) is 0 Å². The van der Waals surface area contributed by atoms with Gasteiger partial charge >= 0.3 is 0 Å². The fourth-order valence-electron chi connectivity index (χ4n) is 3.79. The second-order valence-corrected chi connectivity index (χ2v) is 9.70. The van der Waals surface area contributed by atoms with Crippen LogP contribution in [0.4, 0.5) is 5.69 Å². The Morgan fingerprint density at radius 1 is 1.16 bits per heavy atom. The first kappa shape index (κ1) is 24.0. The minimum atomic E-state index is -3.62. The van der Waals surface area contributed by atoms with Crippen molar-refractivity contribution in [3.63, 3.8) is 0 Å². The second-order valence-electron chi connectivity index (χ2n) is 7.80. The van der Waals surface area contributed by atoms with Gasteiger partial charge in [0.1, 0.15) is 12.3 Å². The number of aryl methyl sites for hydroxylation is 1. The van der Waals surface area contributed by atoms with E-state index in [0.29, 0.717) is 25.4 Å². The van der Waals surface area contributed by atoms with Gasteiger partial charge in [0, 0.05) is 19.6 Å². The van der Waals surface area contributed by atoms with Crippen molar-refractivity contribution in [3.05, 3.63) is 59.7 Å². The zero-order valence-corrected chi connectivity index (χ0v) is 19.6. The maximum absolute atomic E-state index is 12.8. The topological polar surface area (TPSA) is 88.2 Å². The highest BCUT2D eigenvalue weighted by atomic mass is 32.2. The van der Waals surface area contributed by atoms with E-state index < -0.39 is 10.0 Å². The highest BCUT2D eigenvalue weighted by molar-refractivity contribution is 7.92. The van der Waals surface area contributed by atoms with Gasteiger partial charge < -0.3 is 14.8 Å². The third-order valence-electron chi connectivity index (χ3n) is 5.55. The Balaban J connectivity index is 1.74. The minimum absolute atomic E-state index is 0.0566. The summed E-state index contributed by atoms with van der Waals surface area (Å²) in [5, 5.41) is 2.94. The summed E-state index contributed by atoms with van der Waals surface area (Å²) in [5.74, 6) is 0.408. The van der Waals surface area contributed by atoms with E-state index in [-0.39, 0.29) is 18.5 Å². The molecule has 0 spiro atoms. The summed E-state index contributed by atoms with van der Waals surface area (Å²) >= 11 is 0. The molecule has 1 fully saturated rings. The molecule has 0 bridgehead atoms. The molecule has 0 radical (unpaired) electrons. The summed E-state index contributed by atoms with van der Waals surface area (Å²) in [6, 6.07) is 14.8. The summed E-state index contributed by atoms with van der Waals surface area (Å²) in [4.78, 5) is 15.1. The molecule has 174 valence electrons. The molecule has 1 aliphatic rings. The molecule has 0 saturated carbocycles. The maximum atomic E-state index is 12.8. The van der Waals surface area contributed by atoms with E-state index in [0.717, 1.165) is 40.5 Å². The standard InChI is InChI=1S/C23H31N3O5S/c1-18-6-4-5-7-21(18)26(32(3,28)29)17-23(27)24-16-22(25-12-14-31-15-13-25)19-8-10-20(30-2)11-9-19/h4-11,22H,12-17H2,1-3H3,(H,24,27)/t22-/m0/s1. The Morgan fingerprint density at radius 2 is 1.81 bits per heavy atom. The van der Waals surface area contributed by atoms with Crippen LogP contribution in [-0.4, -0.2) is 72.0 Å². The van der Waals surface area contributed by atoms with Crippen molar-refractivity contribution < 1.29 is 22.7 Å². The Kier molecular flexibility index (Phi) is 8.11. The molecule has 1 amide bonds. The van der Waals surface area contributed by atoms with Crippen molar-refractivity contribution in [2.75, 3.05) is 57.1 Å². The van der Waals surface area contributed by atoms with Gasteiger partial charge in [-0.25, -0.2) is 8.42 Å². The van der Waals surface area contributed by atoms with Crippen molar-refractivity contribution >= 4 is 21.6 Å². The van der Waals surface area contributed by atoms with Crippen molar-refractivity contribution in [1.82, 2.24) is 10.2 Å². The summed E-state index contributed by atoms with van der Waals surface area (Å²) < 4.78 is 36.7. The first-order chi connectivity index (χ1) is 15.3. The zero-order valence-electron chi connectivity index (χ0n) is 18.8. The van der Waals surface area contributed by atoms with Crippen LogP contribution in [0.5, 0.6) is 5.75 Å². The highest BCUT2D eigenvalue weighted by Gasteiger charge is 2.25. The second kappa shape index (κ2) is 10.8. The van der Waals surface area contributed by atoms with Gasteiger partial charge in [-0.15, -0.1) is 0 Å². The van der Waals surface area contributed by atoms with Gasteiger partial charge in [-0.05, 0) is 36.2 Å². The minimum Gasteiger partial charge on any atom is -0.497 e. The molecule has 8 nitrogen and oxygen atoms in total. The smallest absolute Gasteiger partial charge is 0.240 e. The van der Waals surface area contributed by atoms with Crippen LogP contribution >= 0.6 is 0 Å². The summed E-state index contributed by atoms with van der Waals surface area (Å²) in [5.41, 5.74) is 2.34. The summed E-state index contributed by atoms with van der Waals surface area (Å²) in [7, 11) is -2.00. The number of anilines is 1. The summed E-state index contributed by atoms with van der Waals surface area (Å²) in [6.45, 7) is 4.68. The highest BCUT2D eigenvalue weighted by Crippen LogP contribution is 2.24. The van der Waals surface area contributed by atoms with Gasteiger partial charge in [-0.2, -0.15) is 0 Å². The van der Waals surface area contributed by atoms with Crippen LogP contribution in [0.1, 0.15) is 17.2 Å². The number of nitrogens with zero attached hydrogens (tertiary/aromatic N) is 2. The molecule has 9 heteroatoms. The number of carbonyl (C=O) groups is 1. The summed E-state index contributed by atoms with van der Waals surface area (Å²) in [6.07, 6.45) is 1.11. The fourth-order valence-corrected chi connectivity index (χ4v) is 4.71. The average Bonchev–Trinajstić information content (AvgIpc) is 2.78. The van der Waals surface area contributed by atoms with Gasteiger partial charge in [0.25, 0.3) is 0 Å². The molecular weight excluding hydrogens is 430 g/mol. The quantitative estimate of drug-likeness (QED) is 0.614. The van der Waals surface area contributed by atoms with Crippen LogP contribution in [0, 0.1) is 6.92 Å². The first-order valence-electron chi connectivity index (χ1n) is 10.6. The number of para-hydroxylation sites is 1. The van der Waals surface area contributed by atoms with Gasteiger partial charge in [-0.1, -0.05) is 30.3 Å². The molecule has 1 atom stereocenters. The Bertz CT molecular complexity index is 1000. The van der Waals surface area contributed by atoms with Crippen LogP contribution in [0.25, 0.3) is 0 Å². The normalized spacial score (nSPS) is 15.7. The molecule has 3 rings (SSSR count).